The van der Waals surface area contributed by atoms with Gasteiger partial charge < -0.3 is 0 Å². The molecule has 1 aliphatic rings. The monoisotopic (exact) mass is 401 g/mol. The van der Waals surface area contributed by atoms with E-state index in [1.807, 2.05) is 39.0 Å². The molecule has 0 aliphatic carbocycles. The molecule has 0 saturated carbocycles. The molecule has 1 amide bonds. The number of halogens is 1. The van der Waals surface area contributed by atoms with Crippen LogP contribution in [0.4, 0.5) is 10.1 Å². The number of aryl methyl sites for hydroxylation is 1. The topological polar surface area (TPSA) is 20.3 Å². The van der Waals surface area contributed by atoms with Gasteiger partial charge in [0.15, 0.2) is 0 Å². The van der Waals surface area contributed by atoms with Crippen molar-refractivity contribution in [2.24, 2.45) is 0 Å². The molecule has 2 heterocycles. The lowest BCUT2D eigenvalue weighted by atomic mass is 9.85. The van der Waals surface area contributed by atoms with E-state index in [0.29, 0.717) is 5.56 Å². The number of hydrogen-bond acceptors (Lipinski definition) is 4. The molecule has 0 saturated heterocycles. The highest BCUT2D eigenvalue weighted by Gasteiger charge is 2.43. The molecule has 1 aliphatic heterocycles. The summed E-state index contributed by atoms with van der Waals surface area (Å²) in [5, 5.41) is 0. The SMILES string of the molecule is Cc1cccc2c1N(C(=O)c1cccc(F)c1)C(C)(C)c1ssc(=S)c1-2. The lowest BCUT2D eigenvalue weighted by Crippen LogP contribution is -2.48. The van der Waals surface area contributed by atoms with Crippen LogP contribution in [0.3, 0.4) is 0 Å². The van der Waals surface area contributed by atoms with E-state index in [1.54, 1.807) is 37.7 Å². The van der Waals surface area contributed by atoms with Crippen LogP contribution in [-0.2, 0) is 5.54 Å². The number of carbonyl (C=O) groups is 1. The van der Waals surface area contributed by atoms with E-state index < -0.39 is 11.4 Å². The maximum atomic E-state index is 13.7. The van der Waals surface area contributed by atoms with Crippen molar-refractivity contribution in [1.29, 1.82) is 0 Å². The highest BCUT2D eigenvalue weighted by atomic mass is 32.9. The zero-order chi connectivity index (χ0) is 18.6. The van der Waals surface area contributed by atoms with E-state index in [4.69, 9.17) is 12.2 Å². The summed E-state index contributed by atoms with van der Waals surface area (Å²) < 4.78 is 14.6. The first kappa shape index (κ1) is 17.5. The Kier molecular flexibility index (Phi) is 4.10. The van der Waals surface area contributed by atoms with Gasteiger partial charge in [0.25, 0.3) is 5.91 Å². The molecular weight excluding hydrogens is 385 g/mol. The van der Waals surface area contributed by atoms with Crippen molar-refractivity contribution in [1.82, 2.24) is 0 Å². The van der Waals surface area contributed by atoms with Crippen LogP contribution in [0, 0.1) is 16.6 Å². The number of amides is 1. The summed E-state index contributed by atoms with van der Waals surface area (Å²) in [5.74, 6) is -0.623. The third-order valence-electron chi connectivity index (χ3n) is 4.75. The third-order valence-corrected chi connectivity index (χ3v) is 8.08. The lowest BCUT2D eigenvalue weighted by Gasteiger charge is -2.43. The van der Waals surface area contributed by atoms with E-state index >= 15 is 0 Å². The van der Waals surface area contributed by atoms with Gasteiger partial charge in [-0.25, -0.2) is 4.39 Å². The van der Waals surface area contributed by atoms with Gasteiger partial charge in [0.1, 0.15) is 9.64 Å². The minimum atomic E-state index is -0.573. The molecule has 0 bridgehead atoms. The standard InChI is InChI=1S/C20H16FNOS3/c1-11-6-4-9-14-15-17(25-26-19(15)24)20(2,3)22(16(11)14)18(23)12-7-5-8-13(21)10-12/h4-10H,1-3H3. The molecule has 0 unspecified atom stereocenters. The molecular formula is C20H16FNOS3. The molecule has 132 valence electrons. The van der Waals surface area contributed by atoms with Gasteiger partial charge in [-0.3, -0.25) is 9.69 Å². The van der Waals surface area contributed by atoms with Crippen LogP contribution < -0.4 is 4.90 Å². The zero-order valence-electron chi connectivity index (χ0n) is 14.5. The first-order valence-corrected chi connectivity index (χ1v) is 10.7. The number of fused-ring (bicyclic) bond motifs is 3. The number of nitrogens with zero attached hydrogens (tertiary/aromatic N) is 1. The molecule has 6 heteroatoms. The molecule has 1 aromatic heterocycles. The van der Waals surface area contributed by atoms with Crippen LogP contribution >= 0.6 is 32.9 Å². The molecule has 0 fully saturated rings. The minimum Gasteiger partial charge on any atom is -0.297 e. The largest absolute Gasteiger partial charge is 0.297 e. The second kappa shape index (κ2) is 6.08. The van der Waals surface area contributed by atoms with Crippen molar-refractivity contribution < 1.29 is 9.18 Å². The van der Waals surface area contributed by atoms with Crippen molar-refractivity contribution in [3.05, 3.63) is 68.1 Å². The summed E-state index contributed by atoms with van der Waals surface area (Å²) in [6, 6.07) is 11.9. The van der Waals surface area contributed by atoms with Crippen molar-refractivity contribution in [2.45, 2.75) is 26.3 Å². The fourth-order valence-corrected chi connectivity index (χ4v) is 6.82. The summed E-state index contributed by atoms with van der Waals surface area (Å²) in [4.78, 5) is 16.3. The van der Waals surface area contributed by atoms with Crippen molar-refractivity contribution in [2.75, 3.05) is 4.90 Å². The van der Waals surface area contributed by atoms with Crippen LogP contribution in [0.1, 0.15) is 34.6 Å². The average Bonchev–Trinajstić information content (AvgIpc) is 2.98. The molecule has 3 aromatic rings. The number of anilines is 1. The van der Waals surface area contributed by atoms with Gasteiger partial charge in [-0.05, 0) is 44.5 Å². The molecule has 0 atom stereocenters. The van der Waals surface area contributed by atoms with Gasteiger partial charge in [0.2, 0.25) is 0 Å². The minimum absolute atomic E-state index is 0.208. The van der Waals surface area contributed by atoms with E-state index in [2.05, 4.69) is 0 Å². The van der Waals surface area contributed by atoms with E-state index in [1.165, 1.54) is 12.1 Å². The normalized spacial score (nSPS) is 14.7. The van der Waals surface area contributed by atoms with Gasteiger partial charge in [-0.2, -0.15) is 0 Å². The smallest absolute Gasteiger partial charge is 0.259 e. The zero-order valence-corrected chi connectivity index (χ0v) is 16.9. The number of para-hydroxylation sites is 1. The van der Waals surface area contributed by atoms with Crippen molar-refractivity contribution in [3.8, 4) is 11.1 Å². The summed E-state index contributed by atoms with van der Waals surface area (Å²) in [6.07, 6.45) is 0. The highest BCUT2D eigenvalue weighted by molar-refractivity contribution is 7.80. The third kappa shape index (κ3) is 2.47. The predicted octanol–water partition coefficient (Wildman–Crippen LogP) is 6.55. The second-order valence-corrected chi connectivity index (χ2v) is 9.66. The summed E-state index contributed by atoms with van der Waals surface area (Å²) >= 11 is 5.59. The van der Waals surface area contributed by atoms with Gasteiger partial charge in [0, 0.05) is 16.7 Å². The van der Waals surface area contributed by atoms with Gasteiger partial charge in [-0.15, -0.1) is 0 Å². The van der Waals surface area contributed by atoms with E-state index in [-0.39, 0.29) is 5.91 Å². The van der Waals surface area contributed by atoms with Crippen LogP contribution in [0.5, 0.6) is 0 Å². The Bertz CT molecular complexity index is 1100. The molecule has 2 aromatic carbocycles. The maximum absolute atomic E-state index is 13.7. The first-order valence-electron chi connectivity index (χ1n) is 8.16. The molecule has 4 rings (SSSR count). The fraction of sp³-hybridized carbons (Fsp3) is 0.200. The van der Waals surface area contributed by atoms with Crippen molar-refractivity contribution >= 4 is 44.5 Å². The summed E-state index contributed by atoms with van der Waals surface area (Å²) in [7, 11) is 3.18. The second-order valence-electron chi connectivity index (χ2n) is 6.84. The number of hydrogen-bond donors (Lipinski definition) is 0. The number of carbonyl (C=O) groups excluding carboxylic acids is 1. The molecule has 2 nitrogen and oxygen atoms in total. The fourth-order valence-electron chi connectivity index (χ4n) is 3.54. The van der Waals surface area contributed by atoms with Gasteiger partial charge in [0.05, 0.1) is 16.1 Å². The Hall–Kier alpha value is -1.89. The molecule has 0 spiro atoms. The number of rotatable bonds is 1. The van der Waals surface area contributed by atoms with Gasteiger partial charge >= 0.3 is 0 Å². The Morgan fingerprint density at radius 1 is 1.15 bits per heavy atom. The van der Waals surface area contributed by atoms with Crippen LogP contribution in [0.15, 0.2) is 42.5 Å². The summed E-state index contributed by atoms with van der Waals surface area (Å²) in [6.45, 7) is 6.04. The Labute approximate surface area is 163 Å². The Morgan fingerprint density at radius 2 is 1.88 bits per heavy atom. The molecule has 26 heavy (non-hydrogen) atoms. The van der Waals surface area contributed by atoms with Crippen LogP contribution in [-0.4, -0.2) is 5.91 Å². The molecule has 0 N–H and O–H groups in total. The summed E-state index contributed by atoms with van der Waals surface area (Å²) in [5.41, 5.74) is 3.66. The van der Waals surface area contributed by atoms with Gasteiger partial charge in [-0.1, -0.05) is 57.2 Å². The predicted molar refractivity (Wildman–Crippen MR) is 109 cm³/mol. The highest BCUT2D eigenvalue weighted by Crippen LogP contribution is 2.53. The average molecular weight is 402 g/mol. The Balaban J connectivity index is 2.01. The molecule has 0 radical (unpaired) electrons. The van der Waals surface area contributed by atoms with Crippen molar-refractivity contribution in [3.63, 3.8) is 0 Å². The van der Waals surface area contributed by atoms with E-state index in [0.717, 1.165) is 31.1 Å². The lowest BCUT2D eigenvalue weighted by molar-refractivity contribution is 0.0961. The van der Waals surface area contributed by atoms with Crippen LogP contribution in [0.2, 0.25) is 0 Å². The maximum Gasteiger partial charge on any atom is 0.259 e. The number of benzene rings is 2. The van der Waals surface area contributed by atoms with Crippen LogP contribution in [0.25, 0.3) is 11.1 Å². The quantitative estimate of drug-likeness (QED) is 0.340. The Morgan fingerprint density at radius 3 is 2.62 bits per heavy atom. The first-order chi connectivity index (χ1) is 12.3. The van der Waals surface area contributed by atoms with E-state index in [9.17, 15) is 9.18 Å².